The Labute approximate surface area is 160 Å². The molecule has 0 spiro atoms. The van der Waals surface area contributed by atoms with Crippen molar-refractivity contribution in [3.8, 4) is 5.69 Å². The molecule has 4 rings (SSSR count). The molecule has 0 atom stereocenters. The number of nitrogens with one attached hydrogen (secondary N) is 1. The summed E-state index contributed by atoms with van der Waals surface area (Å²) in [5.41, 5.74) is 3.31. The molecule has 1 fully saturated rings. The van der Waals surface area contributed by atoms with Crippen LogP contribution in [0.3, 0.4) is 0 Å². The maximum atomic E-state index is 4.51. The van der Waals surface area contributed by atoms with Crippen LogP contribution in [0.4, 0.5) is 0 Å². The number of rotatable bonds is 5. The van der Waals surface area contributed by atoms with Gasteiger partial charge in [0.15, 0.2) is 5.82 Å². The van der Waals surface area contributed by atoms with E-state index in [0.717, 1.165) is 36.8 Å². The van der Waals surface area contributed by atoms with Crippen LogP contribution in [-0.2, 0) is 12.1 Å². The zero-order chi connectivity index (χ0) is 18.7. The van der Waals surface area contributed by atoms with Crippen LogP contribution in [0.25, 0.3) is 5.69 Å². The highest BCUT2D eigenvalue weighted by atomic mass is 15.6. The Hall–Kier alpha value is -2.53. The van der Waals surface area contributed by atoms with Crippen molar-refractivity contribution in [2.75, 3.05) is 0 Å². The molecule has 1 aliphatic carbocycles. The Morgan fingerprint density at radius 2 is 1.74 bits per heavy atom. The number of aryl methyl sites for hydroxylation is 1. The zero-order valence-corrected chi connectivity index (χ0v) is 16.1. The first-order valence-electron chi connectivity index (χ1n) is 9.82. The van der Waals surface area contributed by atoms with Gasteiger partial charge >= 0.3 is 0 Å². The van der Waals surface area contributed by atoms with Crippen molar-refractivity contribution < 1.29 is 0 Å². The molecule has 1 aromatic heterocycles. The molecule has 5 heteroatoms. The van der Waals surface area contributed by atoms with Crippen LogP contribution in [0.15, 0.2) is 54.6 Å². The fourth-order valence-corrected chi connectivity index (χ4v) is 4.05. The van der Waals surface area contributed by atoms with Crippen molar-refractivity contribution in [3.63, 3.8) is 0 Å². The molecule has 5 nitrogen and oxygen atoms in total. The summed E-state index contributed by atoms with van der Waals surface area (Å²) in [6, 6.07) is 18.8. The Kier molecular flexibility index (Phi) is 5.03. The lowest BCUT2D eigenvalue weighted by atomic mass is 9.76. The van der Waals surface area contributed by atoms with E-state index in [1.165, 1.54) is 24.0 Å². The summed E-state index contributed by atoms with van der Waals surface area (Å²) in [6.45, 7) is 5.26. The molecule has 3 aromatic rings. The summed E-state index contributed by atoms with van der Waals surface area (Å²) in [6.07, 6.45) is 4.46. The van der Waals surface area contributed by atoms with Gasteiger partial charge in [-0.2, -0.15) is 4.68 Å². The van der Waals surface area contributed by atoms with Crippen LogP contribution < -0.4 is 5.32 Å². The first-order chi connectivity index (χ1) is 13.2. The van der Waals surface area contributed by atoms with Crippen LogP contribution in [0.1, 0.15) is 49.6 Å². The van der Waals surface area contributed by atoms with E-state index < -0.39 is 0 Å². The Bertz CT molecular complexity index is 878. The van der Waals surface area contributed by atoms with E-state index >= 15 is 0 Å². The van der Waals surface area contributed by atoms with E-state index in [2.05, 4.69) is 83.2 Å². The van der Waals surface area contributed by atoms with Gasteiger partial charge in [-0.05, 0) is 66.1 Å². The predicted molar refractivity (Wildman–Crippen MR) is 106 cm³/mol. The van der Waals surface area contributed by atoms with Crippen LogP contribution >= 0.6 is 0 Å². The van der Waals surface area contributed by atoms with E-state index in [4.69, 9.17) is 0 Å². The van der Waals surface area contributed by atoms with Gasteiger partial charge in [0.2, 0.25) is 0 Å². The van der Waals surface area contributed by atoms with Crippen molar-refractivity contribution in [3.05, 3.63) is 71.5 Å². The van der Waals surface area contributed by atoms with Crippen LogP contribution in [0, 0.1) is 12.8 Å². The van der Waals surface area contributed by atoms with E-state index in [9.17, 15) is 0 Å². The number of hydrogen-bond acceptors (Lipinski definition) is 4. The molecule has 0 saturated heterocycles. The molecule has 1 heterocycles. The number of hydrogen-bond donors (Lipinski definition) is 1. The summed E-state index contributed by atoms with van der Waals surface area (Å²) in [7, 11) is 0. The summed E-state index contributed by atoms with van der Waals surface area (Å²) < 4.78 is 1.93. The third-order valence-electron chi connectivity index (χ3n) is 5.84. The minimum Gasteiger partial charge on any atom is -0.301 e. The Balaban J connectivity index is 1.70. The molecule has 27 heavy (non-hydrogen) atoms. The normalized spacial score (nSPS) is 22.7. The number of aromatic nitrogens is 4. The average molecular weight is 361 g/mol. The maximum Gasteiger partial charge on any atom is 0.176 e. The van der Waals surface area contributed by atoms with Gasteiger partial charge in [-0.3, -0.25) is 0 Å². The monoisotopic (exact) mass is 361 g/mol. The fourth-order valence-electron chi connectivity index (χ4n) is 4.05. The van der Waals surface area contributed by atoms with Crippen molar-refractivity contribution in [2.45, 2.75) is 51.6 Å². The van der Waals surface area contributed by atoms with Gasteiger partial charge < -0.3 is 5.32 Å². The van der Waals surface area contributed by atoms with Crippen molar-refractivity contribution in [1.82, 2.24) is 25.5 Å². The molecule has 140 valence electrons. The van der Waals surface area contributed by atoms with Crippen LogP contribution in [0.2, 0.25) is 0 Å². The maximum absolute atomic E-state index is 4.51. The number of tetrazole rings is 1. The standard InChI is InChI=1S/C22H27N5/c1-17-12-14-22(15-13-17,23-16-19-9-4-3-5-10-19)21-24-25-26-27(21)20-11-7-6-8-18(20)2/h3-11,17,23H,12-16H2,1-2H3. The molecule has 0 aliphatic heterocycles. The fraction of sp³-hybridized carbons (Fsp3) is 0.409. The molecule has 0 unspecified atom stereocenters. The Morgan fingerprint density at radius 1 is 1.04 bits per heavy atom. The molecule has 1 aliphatic rings. The molecular formula is C22H27N5. The SMILES string of the molecule is Cc1ccccc1-n1nnnc1C1(NCc2ccccc2)CCC(C)CC1. The van der Waals surface area contributed by atoms with Crippen LogP contribution in [0.5, 0.6) is 0 Å². The molecular weight excluding hydrogens is 334 g/mol. The number of para-hydroxylation sites is 1. The summed E-state index contributed by atoms with van der Waals surface area (Å²) >= 11 is 0. The van der Waals surface area contributed by atoms with Crippen molar-refractivity contribution in [1.29, 1.82) is 0 Å². The quantitative estimate of drug-likeness (QED) is 0.741. The molecule has 0 bridgehead atoms. The van der Waals surface area contributed by atoms with E-state index in [1.807, 2.05) is 10.7 Å². The Morgan fingerprint density at radius 3 is 2.48 bits per heavy atom. The average Bonchev–Trinajstić information content (AvgIpc) is 3.19. The lowest BCUT2D eigenvalue weighted by Gasteiger charge is -2.39. The second-order valence-corrected chi connectivity index (χ2v) is 7.80. The molecule has 1 saturated carbocycles. The third kappa shape index (κ3) is 3.65. The topological polar surface area (TPSA) is 55.6 Å². The van der Waals surface area contributed by atoms with Gasteiger partial charge in [0.1, 0.15) is 0 Å². The molecule has 2 aromatic carbocycles. The highest BCUT2D eigenvalue weighted by molar-refractivity contribution is 5.40. The summed E-state index contributed by atoms with van der Waals surface area (Å²) in [5, 5.41) is 16.8. The highest BCUT2D eigenvalue weighted by Gasteiger charge is 2.40. The van der Waals surface area contributed by atoms with Gasteiger partial charge in [-0.15, -0.1) is 5.10 Å². The summed E-state index contributed by atoms with van der Waals surface area (Å²) in [5.74, 6) is 1.68. The van der Waals surface area contributed by atoms with Gasteiger partial charge in [0.25, 0.3) is 0 Å². The van der Waals surface area contributed by atoms with Crippen molar-refractivity contribution >= 4 is 0 Å². The van der Waals surface area contributed by atoms with E-state index in [-0.39, 0.29) is 5.54 Å². The van der Waals surface area contributed by atoms with Crippen LogP contribution in [-0.4, -0.2) is 20.2 Å². The third-order valence-corrected chi connectivity index (χ3v) is 5.84. The number of benzene rings is 2. The van der Waals surface area contributed by atoms with Gasteiger partial charge in [-0.1, -0.05) is 55.5 Å². The largest absolute Gasteiger partial charge is 0.301 e. The first-order valence-corrected chi connectivity index (χ1v) is 9.82. The van der Waals surface area contributed by atoms with Crippen molar-refractivity contribution in [2.24, 2.45) is 5.92 Å². The lowest BCUT2D eigenvalue weighted by molar-refractivity contribution is 0.180. The number of nitrogens with zero attached hydrogens (tertiary/aromatic N) is 4. The second-order valence-electron chi connectivity index (χ2n) is 7.80. The zero-order valence-electron chi connectivity index (χ0n) is 16.1. The van der Waals surface area contributed by atoms with E-state index in [0.29, 0.717) is 0 Å². The molecule has 0 amide bonds. The van der Waals surface area contributed by atoms with Gasteiger partial charge in [0.05, 0.1) is 11.2 Å². The minimum atomic E-state index is -0.200. The first kappa shape index (κ1) is 17.9. The van der Waals surface area contributed by atoms with Gasteiger partial charge in [0, 0.05) is 6.54 Å². The predicted octanol–water partition coefficient (Wildman–Crippen LogP) is 4.17. The molecule has 0 radical (unpaired) electrons. The van der Waals surface area contributed by atoms with E-state index in [1.54, 1.807) is 0 Å². The second kappa shape index (κ2) is 7.61. The summed E-state index contributed by atoms with van der Waals surface area (Å²) in [4.78, 5) is 0. The minimum absolute atomic E-state index is 0.200. The molecule has 1 N–H and O–H groups in total. The smallest absolute Gasteiger partial charge is 0.176 e. The van der Waals surface area contributed by atoms with Gasteiger partial charge in [-0.25, -0.2) is 0 Å². The highest BCUT2D eigenvalue weighted by Crippen LogP contribution is 2.39. The lowest BCUT2D eigenvalue weighted by Crippen LogP contribution is -2.46.